The first-order valence-corrected chi connectivity index (χ1v) is 7.53. The zero-order valence-corrected chi connectivity index (χ0v) is 12.7. The normalized spacial score (nSPS) is 11.8. The molecular formula is C15H14N4O2S. The molecule has 3 aromatic rings. The number of hydrogen-bond acceptors (Lipinski definition) is 5. The summed E-state index contributed by atoms with van der Waals surface area (Å²) < 4.78 is 1.89. The van der Waals surface area contributed by atoms with E-state index in [0.29, 0.717) is 11.4 Å². The van der Waals surface area contributed by atoms with E-state index in [1.54, 1.807) is 31.2 Å². The molecule has 7 heteroatoms. The van der Waals surface area contributed by atoms with Crippen molar-refractivity contribution in [1.29, 1.82) is 0 Å². The number of phenols is 1. The Balaban J connectivity index is 1.62. The van der Waals surface area contributed by atoms with Crippen LogP contribution < -0.4 is 5.43 Å². The van der Waals surface area contributed by atoms with Gasteiger partial charge in [-0.15, -0.1) is 11.3 Å². The van der Waals surface area contributed by atoms with E-state index in [4.69, 9.17) is 0 Å². The van der Waals surface area contributed by atoms with Gasteiger partial charge in [-0.1, -0.05) is 0 Å². The van der Waals surface area contributed by atoms with Crippen LogP contribution in [0.2, 0.25) is 0 Å². The summed E-state index contributed by atoms with van der Waals surface area (Å²) >= 11 is 1.52. The molecule has 6 nitrogen and oxygen atoms in total. The highest BCUT2D eigenvalue weighted by Gasteiger charge is 2.08. The minimum atomic E-state index is -0.219. The van der Waals surface area contributed by atoms with Crippen molar-refractivity contribution < 1.29 is 9.90 Å². The van der Waals surface area contributed by atoms with Crippen molar-refractivity contribution in [3.63, 3.8) is 0 Å². The number of imidazole rings is 1. The van der Waals surface area contributed by atoms with Gasteiger partial charge in [-0.05, 0) is 36.8 Å². The van der Waals surface area contributed by atoms with Crippen molar-refractivity contribution in [2.24, 2.45) is 5.10 Å². The van der Waals surface area contributed by atoms with Gasteiger partial charge in [-0.25, -0.2) is 10.4 Å². The summed E-state index contributed by atoms with van der Waals surface area (Å²) in [6, 6.07) is 6.63. The monoisotopic (exact) mass is 314 g/mol. The summed E-state index contributed by atoms with van der Waals surface area (Å²) in [5.74, 6) is -0.0239. The van der Waals surface area contributed by atoms with E-state index in [2.05, 4.69) is 15.5 Å². The number of hydrogen-bond donors (Lipinski definition) is 2. The van der Waals surface area contributed by atoms with Gasteiger partial charge in [0.05, 0.1) is 17.8 Å². The molecule has 0 saturated carbocycles. The van der Waals surface area contributed by atoms with Crippen LogP contribution in [0.15, 0.2) is 47.1 Å². The number of aromatic nitrogens is 2. The minimum Gasteiger partial charge on any atom is -0.508 e. The zero-order valence-electron chi connectivity index (χ0n) is 11.9. The summed E-state index contributed by atoms with van der Waals surface area (Å²) in [5.41, 5.74) is 4.73. The van der Waals surface area contributed by atoms with Crippen LogP contribution in [0.4, 0.5) is 0 Å². The Morgan fingerprint density at radius 1 is 1.41 bits per heavy atom. The fraction of sp³-hybridized carbons (Fsp3) is 0.133. The molecule has 2 aromatic heterocycles. The highest BCUT2D eigenvalue weighted by molar-refractivity contribution is 7.15. The molecule has 0 aliphatic carbocycles. The van der Waals surface area contributed by atoms with Gasteiger partial charge < -0.3 is 5.11 Å². The van der Waals surface area contributed by atoms with Crippen molar-refractivity contribution in [1.82, 2.24) is 14.8 Å². The Hall–Kier alpha value is -2.67. The van der Waals surface area contributed by atoms with Crippen LogP contribution in [0.25, 0.3) is 4.96 Å². The van der Waals surface area contributed by atoms with Gasteiger partial charge in [0.1, 0.15) is 5.75 Å². The van der Waals surface area contributed by atoms with Gasteiger partial charge in [0.15, 0.2) is 4.96 Å². The van der Waals surface area contributed by atoms with E-state index in [0.717, 1.165) is 10.5 Å². The lowest BCUT2D eigenvalue weighted by Crippen LogP contribution is -2.21. The molecule has 0 aliphatic heterocycles. The van der Waals surface area contributed by atoms with Crippen molar-refractivity contribution >= 4 is 27.9 Å². The summed E-state index contributed by atoms with van der Waals surface area (Å²) in [6.45, 7) is 1.79. The number of carbonyl (C=O) groups excluding carboxylic acids is 1. The maximum Gasteiger partial charge on any atom is 0.246 e. The molecule has 1 amide bonds. The van der Waals surface area contributed by atoms with Crippen molar-refractivity contribution in [3.8, 4) is 5.75 Å². The minimum absolute atomic E-state index is 0.181. The summed E-state index contributed by atoms with van der Waals surface area (Å²) in [5, 5.41) is 15.3. The molecule has 0 atom stereocenters. The third-order valence-corrected chi connectivity index (χ3v) is 3.89. The van der Waals surface area contributed by atoms with Crippen LogP contribution in [0.5, 0.6) is 5.75 Å². The number of hydrazone groups is 1. The van der Waals surface area contributed by atoms with Crippen LogP contribution in [-0.4, -0.2) is 26.1 Å². The van der Waals surface area contributed by atoms with Crippen LogP contribution in [0.1, 0.15) is 18.2 Å². The molecule has 3 rings (SSSR count). The van der Waals surface area contributed by atoms with Crippen molar-refractivity contribution in [3.05, 3.63) is 53.3 Å². The largest absolute Gasteiger partial charge is 0.508 e. The second kappa shape index (κ2) is 5.98. The highest BCUT2D eigenvalue weighted by atomic mass is 32.1. The molecule has 0 unspecified atom stereocenters. The van der Waals surface area contributed by atoms with Crippen LogP contribution in [0, 0.1) is 0 Å². The first-order chi connectivity index (χ1) is 10.6. The molecule has 0 saturated heterocycles. The SMILES string of the molecule is C/C(=N\NC(=O)Cc1cn2ccsc2n1)c1ccc(O)cc1. The molecule has 0 bridgehead atoms. The van der Waals surface area contributed by atoms with E-state index >= 15 is 0 Å². The van der Waals surface area contributed by atoms with Gasteiger partial charge in [0.25, 0.3) is 0 Å². The van der Waals surface area contributed by atoms with Gasteiger partial charge in [-0.3, -0.25) is 9.20 Å². The highest BCUT2D eigenvalue weighted by Crippen LogP contribution is 2.12. The van der Waals surface area contributed by atoms with Gasteiger partial charge >= 0.3 is 0 Å². The molecule has 0 spiro atoms. The lowest BCUT2D eigenvalue weighted by atomic mass is 10.1. The molecule has 0 aliphatic rings. The summed E-state index contributed by atoms with van der Waals surface area (Å²) in [6.07, 6.45) is 3.92. The molecule has 22 heavy (non-hydrogen) atoms. The molecule has 2 N–H and O–H groups in total. The predicted octanol–water partition coefficient (Wildman–Crippen LogP) is 2.18. The van der Waals surface area contributed by atoms with Crippen LogP contribution >= 0.6 is 11.3 Å². The van der Waals surface area contributed by atoms with Gasteiger partial charge in [0.2, 0.25) is 5.91 Å². The first-order valence-electron chi connectivity index (χ1n) is 6.65. The Bertz CT molecular complexity index is 804. The summed E-state index contributed by atoms with van der Waals surface area (Å²) in [7, 11) is 0. The number of thiazole rings is 1. The number of amides is 1. The number of carbonyl (C=O) groups is 1. The quantitative estimate of drug-likeness (QED) is 0.572. The lowest BCUT2D eigenvalue weighted by Gasteiger charge is -2.02. The van der Waals surface area contributed by atoms with E-state index in [9.17, 15) is 9.90 Å². The summed E-state index contributed by atoms with van der Waals surface area (Å²) in [4.78, 5) is 17.1. The third-order valence-electron chi connectivity index (χ3n) is 3.12. The Morgan fingerprint density at radius 2 is 2.18 bits per heavy atom. The standard InChI is InChI=1S/C15H14N4O2S/c1-10(11-2-4-13(20)5-3-11)17-18-14(21)8-12-9-19-6-7-22-15(19)16-12/h2-7,9,20H,8H2,1H3,(H,18,21)/b17-10+. The average molecular weight is 314 g/mol. The first kappa shape index (κ1) is 14.3. The Morgan fingerprint density at radius 3 is 2.91 bits per heavy atom. The molecule has 2 heterocycles. The fourth-order valence-electron chi connectivity index (χ4n) is 1.98. The Labute approximate surface area is 130 Å². The smallest absolute Gasteiger partial charge is 0.246 e. The second-order valence-electron chi connectivity index (χ2n) is 4.78. The Kier molecular flexibility index (Phi) is 3.88. The second-order valence-corrected chi connectivity index (χ2v) is 5.65. The number of benzene rings is 1. The number of nitrogens with zero attached hydrogens (tertiary/aromatic N) is 3. The van der Waals surface area contributed by atoms with Gasteiger partial charge in [-0.2, -0.15) is 5.10 Å². The average Bonchev–Trinajstić information content (AvgIpc) is 3.06. The van der Waals surface area contributed by atoms with Crippen molar-refractivity contribution in [2.75, 3.05) is 0 Å². The molecule has 0 fully saturated rings. The van der Waals surface area contributed by atoms with Crippen LogP contribution in [0.3, 0.4) is 0 Å². The molecular weight excluding hydrogens is 300 g/mol. The number of nitrogens with one attached hydrogen (secondary N) is 1. The number of rotatable bonds is 4. The van der Waals surface area contributed by atoms with Crippen LogP contribution in [-0.2, 0) is 11.2 Å². The fourth-order valence-corrected chi connectivity index (χ4v) is 2.70. The topological polar surface area (TPSA) is 79.0 Å². The predicted molar refractivity (Wildman–Crippen MR) is 85.2 cm³/mol. The zero-order chi connectivity index (χ0) is 15.5. The van der Waals surface area contributed by atoms with Crippen molar-refractivity contribution in [2.45, 2.75) is 13.3 Å². The third kappa shape index (κ3) is 3.15. The van der Waals surface area contributed by atoms with E-state index in [-0.39, 0.29) is 18.1 Å². The molecule has 112 valence electrons. The lowest BCUT2D eigenvalue weighted by molar-refractivity contribution is -0.120. The van der Waals surface area contributed by atoms with E-state index < -0.39 is 0 Å². The molecule has 1 aromatic carbocycles. The maximum atomic E-state index is 11.9. The van der Waals surface area contributed by atoms with E-state index in [1.165, 1.54) is 11.3 Å². The number of phenolic OH excluding ortho intramolecular Hbond substituents is 1. The maximum absolute atomic E-state index is 11.9. The molecule has 0 radical (unpaired) electrons. The number of fused-ring (bicyclic) bond motifs is 1. The number of aromatic hydroxyl groups is 1. The van der Waals surface area contributed by atoms with Gasteiger partial charge in [0, 0.05) is 17.8 Å². The van der Waals surface area contributed by atoms with E-state index in [1.807, 2.05) is 22.2 Å².